The molecule has 0 aromatic carbocycles. The Hall–Kier alpha value is -0.670. The van der Waals surface area contributed by atoms with E-state index >= 15 is 0 Å². The number of aliphatic hydroxyl groups excluding tert-OH is 2. The van der Waals surface area contributed by atoms with Crippen LogP contribution in [0, 0.1) is 16.7 Å². The number of allylic oxidation sites excluding steroid dienone is 1. The number of carbonyl (C=O) groups excluding carboxylic acids is 1. The predicted molar refractivity (Wildman–Crippen MR) is 70.0 cm³/mol. The van der Waals surface area contributed by atoms with Gasteiger partial charge in [0.2, 0.25) is 0 Å². The van der Waals surface area contributed by atoms with Crippen molar-refractivity contribution in [2.75, 3.05) is 0 Å². The lowest BCUT2D eigenvalue weighted by molar-refractivity contribution is -0.105. The second-order valence-electron chi connectivity index (χ2n) is 7.10. The number of aliphatic hydroxyl groups is 2. The van der Waals surface area contributed by atoms with Gasteiger partial charge < -0.3 is 10.2 Å². The average Bonchev–Trinajstić information content (AvgIpc) is 2.51. The van der Waals surface area contributed by atoms with Gasteiger partial charge in [0.25, 0.3) is 0 Å². The van der Waals surface area contributed by atoms with Crippen molar-refractivity contribution in [3.63, 3.8) is 0 Å². The third kappa shape index (κ3) is 1.94. The Morgan fingerprint density at radius 1 is 1.22 bits per heavy atom. The molecule has 0 bridgehead atoms. The maximum atomic E-state index is 11.0. The van der Waals surface area contributed by atoms with E-state index in [4.69, 9.17) is 0 Å². The van der Waals surface area contributed by atoms with E-state index in [2.05, 4.69) is 20.8 Å². The van der Waals surface area contributed by atoms with Gasteiger partial charge >= 0.3 is 0 Å². The van der Waals surface area contributed by atoms with Crippen LogP contribution in [0.4, 0.5) is 0 Å². The van der Waals surface area contributed by atoms with Crippen molar-refractivity contribution in [3.8, 4) is 0 Å². The summed E-state index contributed by atoms with van der Waals surface area (Å²) in [5, 5.41) is 20.2. The van der Waals surface area contributed by atoms with Gasteiger partial charge in [-0.15, -0.1) is 0 Å². The van der Waals surface area contributed by atoms with E-state index < -0.39 is 6.10 Å². The van der Waals surface area contributed by atoms with E-state index in [-0.39, 0.29) is 22.9 Å². The Kier molecular flexibility index (Phi) is 3.19. The molecule has 2 saturated carbocycles. The van der Waals surface area contributed by atoms with Crippen molar-refractivity contribution < 1.29 is 15.0 Å². The minimum Gasteiger partial charge on any atom is -0.393 e. The molecule has 2 rings (SSSR count). The zero-order valence-electron chi connectivity index (χ0n) is 11.7. The molecule has 0 spiro atoms. The standard InChI is InChI=1S/C15H24O3/c1-9(8-16)13-12(18)7-15(13,4)10-5-14(2,3)6-11(10)17/h8,10-12,17-18H,5-7H2,1-4H3/t10?,11?,12?,15-/m1/s1. The lowest BCUT2D eigenvalue weighted by Gasteiger charge is -2.51. The molecule has 3 nitrogen and oxygen atoms in total. The summed E-state index contributed by atoms with van der Waals surface area (Å²) >= 11 is 0. The van der Waals surface area contributed by atoms with E-state index in [1.807, 2.05) is 0 Å². The minimum atomic E-state index is -0.504. The number of hydrogen-bond acceptors (Lipinski definition) is 3. The quantitative estimate of drug-likeness (QED) is 0.584. The third-order valence-electron chi connectivity index (χ3n) is 4.98. The molecule has 0 aliphatic heterocycles. The first-order valence-electron chi connectivity index (χ1n) is 6.74. The molecule has 102 valence electrons. The molecule has 3 unspecified atom stereocenters. The molecule has 18 heavy (non-hydrogen) atoms. The van der Waals surface area contributed by atoms with Crippen LogP contribution in [-0.2, 0) is 4.79 Å². The van der Waals surface area contributed by atoms with Crippen LogP contribution >= 0.6 is 0 Å². The molecule has 4 atom stereocenters. The van der Waals surface area contributed by atoms with Gasteiger partial charge in [-0.3, -0.25) is 4.79 Å². The Morgan fingerprint density at radius 2 is 1.83 bits per heavy atom. The Morgan fingerprint density at radius 3 is 2.22 bits per heavy atom. The van der Waals surface area contributed by atoms with Crippen LogP contribution in [-0.4, -0.2) is 28.7 Å². The summed E-state index contributed by atoms with van der Waals surface area (Å²) in [6.45, 7) is 8.18. The zero-order valence-corrected chi connectivity index (χ0v) is 11.7. The lowest BCUT2D eigenvalue weighted by Crippen LogP contribution is -2.50. The second-order valence-corrected chi connectivity index (χ2v) is 7.10. The van der Waals surface area contributed by atoms with Gasteiger partial charge in [0.1, 0.15) is 6.29 Å². The molecule has 2 N–H and O–H groups in total. The second kappa shape index (κ2) is 4.17. The molecule has 0 saturated heterocycles. The smallest absolute Gasteiger partial charge is 0.145 e. The van der Waals surface area contributed by atoms with Crippen LogP contribution in [0.1, 0.15) is 47.0 Å². The first-order chi connectivity index (χ1) is 8.21. The van der Waals surface area contributed by atoms with Crippen LogP contribution in [0.15, 0.2) is 11.1 Å². The van der Waals surface area contributed by atoms with Gasteiger partial charge in [-0.25, -0.2) is 0 Å². The van der Waals surface area contributed by atoms with Gasteiger partial charge in [0, 0.05) is 0 Å². The van der Waals surface area contributed by atoms with Gasteiger partial charge in [0.05, 0.1) is 12.2 Å². The van der Waals surface area contributed by atoms with Crippen molar-refractivity contribution in [3.05, 3.63) is 11.1 Å². The number of aldehydes is 1. The Balaban J connectivity index is 2.31. The number of hydrogen-bond donors (Lipinski definition) is 2. The highest BCUT2D eigenvalue weighted by molar-refractivity contribution is 5.75. The summed E-state index contributed by atoms with van der Waals surface area (Å²) in [5.41, 5.74) is 1.42. The van der Waals surface area contributed by atoms with Crippen LogP contribution < -0.4 is 0 Å². The highest BCUT2D eigenvalue weighted by Gasteiger charge is 2.56. The fraction of sp³-hybridized carbons (Fsp3) is 0.800. The summed E-state index contributed by atoms with van der Waals surface area (Å²) in [6.07, 6.45) is 2.40. The van der Waals surface area contributed by atoms with Crippen LogP contribution in [0.2, 0.25) is 0 Å². The normalized spacial score (nSPS) is 45.6. The monoisotopic (exact) mass is 252 g/mol. The molecular formula is C15H24O3. The summed E-state index contributed by atoms with van der Waals surface area (Å²) in [6, 6.07) is 0. The van der Waals surface area contributed by atoms with E-state index in [9.17, 15) is 15.0 Å². The molecule has 0 heterocycles. The summed E-state index contributed by atoms with van der Waals surface area (Å²) in [5.74, 6) is 0.154. The van der Waals surface area contributed by atoms with Crippen LogP contribution in [0.5, 0.6) is 0 Å². The first kappa shape index (κ1) is 13.8. The van der Waals surface area contributed by atoms with Gasteiger partial charge in [-0.05, 0) is 54.1 Å². The molecule has 2 fully saturated rings. The zero-order chi connectivity index (χ0) is 13.7. The van der Waals surface area contributed by atoms with Crippen molar-refractivity contribution in [1.82, 2.24) is 0 Å². The maximum absolute atomic E-state index is 11.0. The lowest BCUT2D eigenvalue weighted by atomic mass is 9.55. The average molecular weight is 252 g/mol. The largest absolute Gasteiger partial charge is 0.393 e. The van der Waals surface area contributed by atoms with Crippen molar-refractivity contribution in [2.45, 2.75) is 59.2 Å². The van der Waals surface area contributed by atoms with E-state index in [1.165, 1.54) is 0 Å². The van der Waals surface area contributed by atoms with Crippen LogP contribution in [0.3, 0.4) is 0 Å². The topological polar surface area (TPSA) is 57.5 Å². The van der Waals surface area contributed by atoms with Gasteiger partial charge in [0.15, 0.2) is 0 Å². The number of carbonyl (C=O) groups is 1. The predicted octanol–water partition coefficient (Wildman–Crippen LogP) is 2.07. The Labute approximate surface area is 109 Å². The SMILES string of the molecule is CC(C=O)=C1C(O)C[C@]1(C)C1CC(C)(C)CC1O. The molecule has 0 aromatic rings. The van der Waals surface area contributed by atoms with E-state index in [0.29, 0.717) is 12.0 Å². The molecule has 0 radical (unpaired) electrons. The molecule has 0 amide bonds. The molecule has 2 aliphatic rings. The summed E-state index contributed by atoms with van der Waals surface area (Å²) < 4.78 is 0. The molecule has 2 aliphatic carbocycles. The summed E-state index contributed by atoms with van der Waals surface area (Å²) in [4.78, 5) is 11.0. The van der Waals surface area contributed by atoms with Crippen LogP contribution in [0.25, 0.3) is 0 Å². The maximum Gasteiger partial charge on any atom is 0.145 e. The molecule has 3 heteroatoms. The van der Waals surface area contributed by atoms with Crippen molar-refractivity contribution in [2.24, 2.45) is 16.7 Å². The molecular weight excluding hydrogens is 228 g/mol. The molecule has 0 aromatic heterocycles. The van der Waals surface area contributed by atoms with Gasteiger partial charge in [-0.1, -0.05) is 20.8 Å². The summed E-state index contributed by atoms with van der Waals surface area (Å²) in [7, 11) is 0. The highest BCUT2D eigenvalue weighted by Crippen LogP contribution is 2.59. The minimum absolute atomic E-state index is 0.147. The van der Waals surface area contributed by atoms with Gasteiger partial charge in [-0.2, -0.15) is 0 Å². The van der Waals surface area contributed by atoms with E-state index in [0.717, 1.165) is 24.7 Å². The third-order valence-corrected chi connectivity index (χ3v) is 4.98. The van der Waals surface area contributed by atoms with Crippen molar-refractivity contribution >= 4 is 6.29 Å². The first-order valence-corrected chi connectivity index (χ1v) is 6.74. The van der Waals surface area contributed by atoms with E-state index in [1.54, 1.807) is 6.92 Å². The number of rotatable bonds is 2. The Bertz CT molecular complexity index is 397. The van der Waals surface area contributed by atoms with Crippen molar-refractivity contribution in [1.29, 1.82) is 0 Å². The highest BCUT2D eigenvalue weighted by atomic mass is 16.3. The fourth-order valence-corrected chi connectivity index (χ4v) is 4.16. The fourth-order valence-electron chi connectivity index (χ4n) is 4.16.